The first-order valence-electron chi connectivity index (χ1n) is 9.97. The average molecular weight is 414 g/mol. The van der Waals surface area contributed by atoms with Crippen molar-refractivity contribution in [3.05, 3.63) is 101 Å². The van der Waals surface area contributed by atoms with Crippen molar-refractivity contribution in [2.75, 3.05) is 7.11 Å². The van der Waals surface area contributed by atoms with E-state index in [-0.39, 0.29) is 30.3 Å². The Morgan fingerprint density at radius 3 is 2.16 bits per heavy atom. The van der Waals surface area contributed by atoms with Crippen molar-refractivity contribution < 1.29 is 19.1 Å². The van der Waals surface area contributed by atoms with Gasteiger partial charge in [0.1, 0.15) is 5.75 Å². The number of ether oxygens (including phenoxy) is 1. The fraction of sp³-hybridized carbons (Fsp3) is 0.160. The molecule has 4 rings (SSSR count). The summed E-state index contributed by atoms with van der Waals surface area (Å²) in [5, 5.41) is 2.97. The van der Waals surface area contributed by atoms with Gasteiger partial charge in [0, 0.05) is 0 Å². The van der Waals surface area contributed by atoms with Gasteiger partial charge in [0.2, 0.25) is 0 Å². The lowest BCUT2D eigenvalue weighted by molar-refractivity contribution is 0.0642. The predicted octanol–water partition coefficient (Wildman–Crippen LogP) is 3.98. The highest BCUT2D eigenvalue weighted by molar-refractivity contribution is 6.21. The van der Waals surface area contributed by atoms with Gasteiger partial charge in [0.05, 0.1) is 36.4 Å². The zero-order valence-corrected chi connectivity index (χ0v) is 17.3. The molecule has 0 radical (unpaired) electrons. The summed E-state index contributed by atoms with van der Waals surface area (Å²) in [5.41, 5.74) is 2.79. The van der Waals surface area contributed by atoms with Crippen molar-refractivity contribution in [2.45, 2.75) is 19.5 Å². The first-order chi connectivity index (χ1) is 15.0. The minimum Gasteiger partial charge on any atom is -0.496 e. The van der Waals surface area contributed by atoms with Crippen LogP contribution in [0.15, 0.2) is 72.8 Å². The van der Waals surface area contributed by atoms with E-state index in [0.29, 0.717) is 28.0 Å². The Morgan fingerprint density at radius 2 is 1.55 bits per heavy atom. The highest BCUT2D eigenvalue weighted by Gasteiger charge is 2.35. The van der Waals surface area contributed by atoms with Gasteiger partial charge >= 0.3 is 0 Å². The van der Waals surface area contributed by atoms with Crippen LogP contribution in [0.25, 0.3) is 0 Å². The van der Waals surface area contributed by atoms with E-state index in [9.17, 15) is 14.4 Å². The average Bonchev–Trinajstić information content (AvgIpc) is 3.04. The molecule has 1 aliphatic rings. The third-order valence-electron chi connectivity index (χ3n) is 5.37. The van der Waals surface area contributed by atoms with E-state index in [4.69, 9.17) is 4.74 Å². The fourth-order valence-corrected chi connectivity index (χ4v) is 3.70. The molecular formula is C25H22N2O4. The van der Waals surface area contributed by atoms with Crippen LogP contribution in [0, 0.1) is 0 Å². The molecule has 1 heterocycles. The molecule has 1 atom stereocenters. The number of amides is 3. The largest absolute Gasteiger partial charge is 0.496 e. The number of methoxy groups -OCH3 is 1. The van der Waals surface area contributed by atoms with Crippen molar-refractivity contribution in [1.29, 1.82) is 0 Å². The van der Waals surface area contributed by atoms with Crippen molar-refractivity contribution in [2.24, 2.45) is 0 Å². The van der Waals surface area contributed by atoms with Gasteiger partial charge in [-0.15, -0.1) is 0 Å². The van der Waals surface area contributed by atoms with Gasteiger partial charge in [-0.2, -0.15) is 0 Å². The van der Waals surface area contributed by atoms with Crippen molar-refractivity contribution in [3.8, 4) is 5.75 Å². The van der Waals surface area contributed by atoms with E-state index in [2.05, 4.69) is 5.32 Å². The van der Waals surface area contributed by atoms with Crippen LogP contribution < -0.4 is 10.1 Å². The van der Waals surface area contributed by atoms with Crippen LogP contribution in [0.3, 0.4) is 0 Å². The SMILES string of the molecule is COc1ccc(CN2C(=O)c3ccccc3C2=O)cc1C(=O)NC(C)c1ccccc1. The molecule has 1 aliphatic heterocycles. The summed E-state index contributed by atoms with van der Waals surface area (Å²) in [6.07, 6.45) is 0. The lowest BCUT2D eigenvalue weighted by Crippen LogP contribution is -2.30. The molecule has 156 valence electrons. The van der Waals surface area contributed by atoms with E-state index < -0.39 is 0 Å². The van der Waals surface area contributed by atoms with Crippen LogP contribution in [-0.4, -0.2) is 29.7 Å². The number of hydrogen-bond donors (Lipinski definition) is 1. The van der Waals surface area contributed by atoms with Crippen LogP contribution in [0.1, 0.15) is 55.2 Å². The molecule has 1 unspecified atom stereocenters. The van der Waals surface area contributed by atoms with E-state index in [1.54, 1.807) is 42.5 Å². The molecule has 0 saturated heterocycles. The van der Waals surface area contributed by atoms with E-state index in [1.807, 2.05) is 37.3 Å². The smallest absolute Gasteiger partial charge is 0.261 e. The Bertz CT molecular complexity index is 1120. The summed E-state index contributed by atoms with van der Waals surface area (Å²) in [4.78, 5) is 39.5. The molecule has 3 amide bonds. The second-order valence-corrected chi connectivity index (χ2v) is 7.38. The van der Waals surface area contributed by atoms with Gasteiger partial charge in [-0.05, 0) is 42.3 Å². The van der Waals surface area contributed by atoms with Crippen LogP contribution in [0.2, 0.25) is 0 Å². The second kappa shape index (κ2) is 8.44. The molecule has 0 aliphatic carbocycles. The standard InChI is InChI=1S/C25H22N2O4/c1-16(18-8-4-3-5-9-18)26-23(28)21-14-17(12-13-22(21)31-2)15-27-24(29)19-10-6-7-11-20(19)25(27)30/h3-14,16H,15H2,1-2H3,(H,26,28). The maximum absolute atomic E-state index is 13.0. The number of fused-ring (bicyclic) bond motifs is 1. The third-order valence-corrected chi connectivity index (χ3v) is 5.37. The van der Waals surface area contributed by atoms with Gasteiger partial charge < -0.3 is 10.1 Å². The van der Waals surface area contributed by atoms with Crippen LogP contribution in [0.5, 0.6) is 5.75 Å². The van der Waals surface area contributed by atoms with Crippen molar-refractivity contribution >= 4 is 17.7 Å². The lowest BCUT2D eigenvalue weighted by Gasteiger charge is -2.18. The molecule has 0 fully saturated rings. The fourth-order valence-electron chi connectivity index (χ4n) is 3.70. The maximum Gasteiger partial charge on any atom is 0.261 e. The van der Waals surface area contributed by atoms with Crippen molar-refractivity contribution in [1.82, 2.24) is 10.2 Å². The maximum atomic E-state index is 13.0. The zero-order valence-electron chi connectivity index (χ0n) is 17.3. The molecule has 31 heavy (non-hydrogen) atoms. The molecule has 3 aromatic carbocycles. The van der Waals surface area contributed by atoms with Gasteiger partial charge in [-0.1, -0.05) is 48.5 Å². The molecule has 0 spiro atoms. The number of nitrogens with zero attached hydrogens (tertiary/aromatic N) is 1. The normalized spacial score (nSPS) is 13.7. The highest BCUT2D eigenvalue weighted by atomic mass is 16.5. The molecule has 0 bridgehead atoms. The number of carbonyl (C=O) groups is 3. The monoisotopic (exact) mass is 414 g/mol. The summed E-state index contributed by atoms with van der Waals surface area (Å²) in [6, 6.07) is 21.3. The molecule has 0 aromatic heterocycles. The highest BCUT2D eigenvalue weighted by Crippen LogP contribution is 2.27. The topological polar surface area (TPSA) is 75.7 Å². The quantitative estimate of drug-likeness (QED) is 0.619. The zero-order chi connectivity index (χ0) is 22.0. The number of rotatable bonds is 6. The van der Waals surface area contributed by atoms with E-state index in [1.165, 1.54) is 12.0 Å². The van der Waals surface area contributed by atoms with Crippen LogP contribution in [0.4, 0.5) is 0 Å². The molecule has 3 aromatic rings. The predicted molar refractivity (Wildman–Crippen MR) is 116 cm³/mol. The summed E-state index contributed by atoms with van der Waals surface area (Å²) in [5.74, 6) is -0.540. The Morgan fingerprint density at radius 1 is 0.935 bits per heavy atom. The van der Waals surface area contributed by atoms with Crippen LogP contribution >= 0.6 is 0 Å². The first kappa shape index (κ1) is 20.3. The molecule has 6 heteroatoms. The Labute approximate surface area is 180 Å². The Kier molecular flexibility index (Phi) is 5.54. The number of imide groups is 1. The first-order valence-corrected chi connectivity index (χ1v) is 9.97. The molecule has 1 N–H and O–H groups in total. The number of nitrogens with one attached hydrogen (secondary N) is 1. The lowest BCUT2D eigenvalue weighted by atomic mass is 10.1. The van der Waals surface area contributed by atoms with E-state index in [0.717, 1.165) is 5.56 Å². The summed E-state index contributed by atoms with van der Waals surface area (Å²) >= 11 is 0. The van der Waals surface area contributed by atoms with Crippen LogP contribution in [-0.2, 0) is 6.54 Å². The Balaban J connectivity index is 1.56. The molecule has 6 nitrogen and oxygen atoms in total. The Hall–Kier alpha value is -3.93. The van der Waals surface area contributed by atoms with Gasteiger partial charge in [-0.25, -0.2) is 0 Å². The van der Waals surface area contributed by atoms with E-state index >= 15 is 0 Å². The number of hydrogen-bond acceptors (Lipinski definition) is 4. The second-order valence-electron chi connectivity index (χ2n) is 7.38. The van der Waals surface area contributed by atoms with Gasteiger partial charge in [0.25, 0.3) is 17.7 Å². The number of benzene rings is 3. The minimum absolute atomic E-state index is 0.0743. The molecular weight excluding hydrogens is 392 g/mol. The summed E-state index contributed by atoms with van der Waals surface area (Å²) < 4.78 is 5.36. The summed E-state index contributed by atoms with van der Waals surface area (Å²) in [7, 11) is 1.50. The third kappa shape index (κ3) is 3.92. The van der Waals surface area contributed by atoms with Gasteiger partial charge in [-0.3, -0.25) is 19.3 Å². The van der Waals surface area contributed by atoms with Gasteiger partial charge in [0.15, 0.2) is 0 Å². The van der Waals surface area contributed by atoms with Crippen molar-refractivity contribution in [3.63, 3.8) is 0 Å². The molecule has 0 saturated carbocycles. The minimum atomic E-state index is -0.333. The number of carbonyl (C=O) groups excluding carboxylic acids is 3. The summed E-state index contributed by atoms with van der Waals surface area (Å²) in [6.45, 7) is 1.98.